The Balaban J connectivity index is 1.89. The molecule has 2 nitrogen and oxygen atoms in total. The first-order chi connectivity index (χ1) is 12.3. The number of ketones is 1. The number of carbonyl (C=O) groups is 1. The minimum Gasteiger partial charge on any atom is -0.361 e. The maximum absolute atomic E-state index is 13.6. The summed E-state index contributed by atoms with van der Waals surface area (Å²) in [7, 11) is 0. The van der Waals surface area contributed by atoms with Gasteiger partial charge in [0.15, 0.2) is 11.4 Å². The van der Waals surface area contributed by atoms with Crippen molar-refractivity contribution in [1.29, 1.82) is 0 Å². The molecule has 0 radical (unpaired) electrons. The Morgan fingerprint density at radius 3 is 2.00 bits per heavy atom. The Labute approximate surface area is 148 Å². The van der Waals surface area contributed by atoms with Gasteiger partial charge in [-0.25, -0.2) is 0 Å². The van der Waals surface area contributed by atoms with Crippen molar-refractivity contribution in [1.82, 2.24) is 0 Å². The minimum absolute atomic E-state index is 0.00352. The van der Waals surface area contributed by atoms with Crippen LogP contribution < -0.4 is 0 Å². The minimum atomic E-state index is -0.968. The maximum atomic E-state index is 13.6. The SMILES string of the molecule is O=C(c1ccccc1)[C@@]1(c2ccccc2)OCC[C@@H]1c1ccccc1. The van der Waals surface area contributed by atoms with Crippen LogP contribution in [0.4, 0.5) is 0 Å². The number of benzene rings is 3. The molecule has 0 bridgehead atoms. The highest BCUT2D eigenvalue weighted by atomic mass is 16.5. The van der Waals surface area contributed by atoms with Crippen molar-refractivity contribution in [2.24, 2.45) is 0 Å². The van der Waals surface area contributed by atoms with Crippen molar-refractivity contribution in [3.05, 3.63) is 108 Å². The third-order valence-corrected chi connectivity index (χ3v) is 5.00. The summed E-state index contributed by atoms with van der Waals surface area (Å²) in [5, 5.41) is 0. The van der Waals surface area contributed by atoms with Gasteiger partial charge in [-0.05, 0) is 17.5 Å². The lowest BCUT2D eigenvalue weighted by atomic mass is 9.73. The van der Waals surface area contributed by atoms with Crippen molar-refractivity contribution in [2.75, 3.05) is 6.61 Å². The molecule has 0 amide bonds. The Kier molecular flexibility index (Phi) is 4.21. The fraction of sp³-hybridized carbons (Fsp3) is 0.174. The fourth-order valence-electron chi connectivity index (χ4n) is 3.86. The number of Topliss-reactive ketones (excluding diaryl/α,β-unsaturated/α-hetero) is 1. The number of hydrogen-bond acceptors (Lipinski definition) is 2. The molecule has 1 aliphatic rings. The molecule has 2 heteroatoms. The first-order valence-electron chi connectivity index (χ1n) is 8.66. The Morgan fingerprint density at radius 2 is 1.36 bits per heavy atom. The van der Waals surface area contributed by atoms with Gasteiger partial charge in [-0.3, -0.25) is 4.79 Å². The third-order valence-electron chi connectivity index (χ3n) is 5.00. The zero-order valence-electron chi connectivity index (χ0n) is 14.0. The van der Waals surface area contributed by atoms with Crippen LogP contribution in [0.5, 0.6) is 0 Å². The van der Waals surface area contributed by atoms with E-state index in [1.165, 1.54) is 0 Å². The first kappa shape index (κ1) is 15.8. The summed E-state index contributed by atoms with van der Waals surface area (Å²) in [6.45, 7) is 0.576. The van der Waals surface area contributed by atoms with Gasteiger partial charge in [0.1, 0.15) is 0 Å². The Hall–Kier alpha value is -2.71. The normalized spacial score (nSPS) is 22.6. The van der Waals surface area contributed by atoms with E-state index >= 15 is 0 Å². The summed E-state index contributed by atoms with van der Waals surface area (Å²) in [4.78, 5) is 13.6. The molecule has 1 heterocycles. The van der Waals surface area contributed by atoms with Crippen LogP contribution in [0.3, 0.4) is 0 Å². The van der Waals surface area contributed by atoms with Crippen molar-refractivity contribution in [2.45, 2.75) is 17.9 Å². The Morgan fingerprint density at radius 1 is 0.800 bits per heavy atom. The third kappa shape index (κ3) is 2.69. The van der Waals surface area contributed by atoms with Gasteiger partial charge in [0.2, 0.25) is 0 Å². The van der Waals surface area contributed by atoms with E-state index < -0.39 is 5.60 Å². The molecule has 3 aromatic rings. The zero-order chi connectivity index (χ0) is 17.1. The zero-order valence-corrected chi connectivity index (χ0v) is 14.0. The fourth-order valence-corrected chi connectivity index (χ4v) is 3.86. The molecule has 0 unspecified atom stereocenters. The first-order valence-corrected chi connectivity index (χ1v) is 8.66. The van der Waals surface area contributed by atoms with Gasteiger partial charge < -0.3 is 4.74 Å². The Bertz CT molecular complexity index is 843. The number of rotatable bonds is 4. The average molecular weight is 328 g/mol. The molecule has 0 N–H and O–H groups in total. The van der Waals surface area contributed by atoms with Crippen LogP contribution in [0.25, 0.3) is 0 Å². The van der Waals surface area contributed by atoms with Gasteiger partial charge >= 0.3 is 0 Å². The number of hydrogen-bond donors (Lipinski definition) is 0. The topological polar surface area (TPSA) is 26.3 Å². The van der Waals surface area contributed by atoms with Crippen LogP contribution in [-0.2, 0) is 10.3 Å². The highest BCUT2D eigenvalue weighted by Gasteiger charge is 2.52. The molecular formula is C23H20O2. The molecule has 0 spiro atoms. The van der Waals surface area contributed by atoms with E-state index in [1.54, 1.807) is 0 Å². The number of carbonyl (C=O) groups excluding carboxylic acids is 1. The largest absolute Gasteiger partial charge is 0.361 e. The van der Waals surface area contributed by atoms with Crippen LogP contribution in [0.2, 0.25) is 0 Å². The lowest BCUT2D eigenvalue weighted by molar-refractivity contribution is 0.00203. The quantitative estimate of drug-likeness (QED) is 0.632. The second-order valence-corrected chi connectivity index (χ2v) is 6.40. The molecule has 0 aliphatic carbocycles. The molecule has 0 saturated carbocycles. The monoisotopic (exact) mass is 328 g/mol. The molecule has 1 fully saturated rings. The van der Waals surface area contributed by atoms with Crippen molar-refractivity contribution in [3.63, 3.8) is 0 Å². The van der Waals surface area contributed by atoms with Gasteiger partial charge in [0.25, 0.3) is 0 Å². The van der Waals surface area contributed by atoms with Gasteiger partial charge in [-0.2, -0.15) is 0 Å². The summed E-state index contributed by atoms with van der Waals surface area (Å²) in [6.07, 6.45) is 0.831. The van der Waals surface area contributed by atoms with E-state index in [4.69, 9.17) is 4.74 Å². The highest BCUT2D eigenvalue weighted by Crippen LogP contribution is 2.49. The van der Waals surface area contributed by atoms with Crippen LogP contribution in [0.15, 0.2) is 91.0 Å². The molecule has 25 heavy (non-hydrogen) atoms. The van der Waals surface area contributed by atoms with E-state index in [9.17, 15) is 4.79 Å². The second-order valence-electron chi connectivity index (χ2n) is 6.40. The highest BCUT2D eigenvalue weighted by molar-refractivity contribution is 6.04. The smallest absolute Gasteiger partial charge is 0.199 e. The van der Waals surface area contributed by atoms with Gasteiger partial charge in [0.05, 0.1) is 0 Å². The van der Waals surface area contributed by atoms with Crippen molar-refractivity contribution < 1.29 is 9.53 Å². The molecule has 4 rings (SSSR count). The van der Waals surface area contributed by atoms with Crippen molar-refractivity contribution >= 4 is 5.78 Å². The van der Waals surface area contributed by atoms with Gasteiger partial charge in [0, 0.05) is 18.1 Å². The standard InChI is InChI=1S/C23H20O2/c24-22(19-12-6-2-7-13-19)23(20-14-8-3-9-15-20)21(16-17-25-23)18-10-4-1-5-11-18/h1-15,21H,16-17H2/t21-,23+/m1/s1. The second kappa shape index (κ2) is 6.66. The van der Waals surface area contributed by atoms with E-state index in [-0.39, 0.29) is 11.7 Å². The summed E-state index contributed by atoms with van der Waals surface area (Å²) in [5.41, 5.74) is 1.79. The van der Waals surface area contributed by atoms with Gasteiger partial charge in [-0.15, -0.1) is 0 Å². The summed E-state index contributed by atoms with van der Waals surface area (Å²) >= 11 is 0. The van der Waals surface area contributed by atoms with Crippen LogP contribution in [-0.4, -0.2) is 12.4 Å². The lowest BCUT2D eigenvalue weighted by Crippen LogP contribution is -2.40. The predicted octanol–water partition coefficient (Wildman–Crippen LogP) is 4.97. The van der Waals surface area contributed by atoms with Gasteiger partial charge in [-0.1, -0.05) is 91.0 Å². The van der Waals surface area contributed by atoms with Crippen molar-refractivity contribution in [3.8, 4) is 0 Å². The molecule has 1 saturated heterocycles. The van der Waals surface area contributed by atoms with E-state index in [1.807, 2.05) is 78.9 Å². The summed E-state index contributed by atoms with van der Waals surface area (Å²) < 4.78 is 6.26. The van der Waals surface area contributed by atoms with E-state index in [0.717, 1.165) is 17.5 Å². The molecule has 3 aromatic carbocycles. The molecule has 0 aromatic heterocycles. The summed E-state index contributed by atoms with van der Waals surface area (Å²) in [5.74, 6) is 0.0365. The number of ether oxygens (including phenoxy) is 1. The van der Waals surface area contributed by atoms with Crippen LogP contribution >= 0.6 is 0 Å². The molecular weight excluding hydrogens is 308 g/mol. The molecule has 1 aliphatic heterocycles. The van der Waals surface area contributed by atoms with E-state index in [2.05, 4.69) is 12.1 Å². The molecule has 2 atom stereocenters. The van der Waals surface area contributed by atoms with Crippen LogP contribution in [0.1, 0.15) is 33.8 Å². The average Bonchev–Trinajstić information content (AvgIpc) is 3.15. The maximum Gasteiger partial charge on any atom is 0.199 e. The van der Waals surface area contributed by atoms with E-state index in [0.29, 0.717) is 12.2 Å². The van der Waals surface area contributed by atoms with Crippen LogP contribution in [0, 0.1) is 0 Å². The lowest BCUT2D eigenvalue weighted by Gasteiger charge is -2.34. The predicted molar refractivity (Wildman–Crippen MR) is 98.6 cm³/mol. The summed E-state index contributed by atoms with van der Waals surface area (Å²) in [6, 6.07) is 29.6. The molecule has 124 valence electrons.